The number of carbonyl (C=O) groups is 1. The van der Waals surface area contributed by atoms with Crippen LogP contribution in [-0.2, 0) is 19.9 Å². The number of rotatable bonds is 7. The maximum Gasteiger partial charge on any atom is 0.226 e. The van der Waals surface area contributed by atoms with E-state index < -0.39 is 24.9 Å². The van der Waals surface area contributed by atoms with E-state index in [0.29, 0.717) is 5.56 Å². The van der Waals surface area contributed by atoms with Gasteiger partial charge in [0.15, 0.2) is 14.9 Å². The zero-order valence-corrected chi connectivity index (χ0v) is 13.2. The molecule has 0 unspecified atom stereocenters. The fourth-order valence-electron chi connectivity index (χ4n) is 1.32. The van der Waals surface area contributed by atoms with Crippen LogP contribution in [0.2, 0.25) is 0 Å². The summed E-state index contributed by atoms with van der Waals surface area (Å²) < 4.78 is 46.7. The molecule has 0 amide bonds. The van der Waals surface area contributed by atoms with Crippen LogP contribution in [0.4, 0.5) is 0 Å². The number of thioether (sulfide) groups is 1. The minimum Gasteiger partial charge on any atom is -0.282 e. The quantitative estimate of drug-likeness (QED) is 0.727. The van der Waals surface area contributed by atoms with Crippen molar-refractivity contribution in [1.29, 1.82) is 0 Å². The summed E-state index contributed by atoms with van der Waals surface area (Å²) in [6.45, 7) is 0.00108. The van der Waals surface area contributed by atoms with E-state index in [9.17, 15) is 21.6 Å². The van der Waals surface area contributed by atoms with Crippen molar-refractivity contribution in [2.75, 3.05) is 23.6 Å². The molecular formula is C11H15NO5S3. The van der Waals surface area contributed by atoms with E-state index in [-0.39, 0.29) is 17.4 Å². The van der Waals surface area contributed by atoms with Gasteiger partial charge in [0.2, 0.25) is 15.1 Å². The molecule has 1 aromatic carbocycles. The molecule has 0 spiro atoms. The Labute approximate surface area is 122 Å². The highest BCUT2D eigenvalue weighted by molar-refractivity contribution is 8.14. The summed E-state index contributed by atoms with van der Waals surface area (Å²) in [5, 5.41) is -1.11. The van der Waals surface area contributed by atoms with Crippen molar-refractivity contribution in [2.24, 2.45) is 0 Å². The average molecular weight is 337 g/mol. The lowest BCUT2D eigenvalue weighted by Crippen LogP contribution is -2.31. The first-order valence-electron chi connectivity index (χ1n) is 5.57. The Bertz CT molecular complexity index is 653. The minimum atomic E-state index is -3.86. The Morgan fingerprint density at radius 2 is 1.75 bits per heavy atom. The molecule has 6 nitrogen and oxygen atoms in total. The van der Waals surface area contributed by atoms with Gasteiger partial charge in [0.1, 0.15) is 0 Å². The van der Waals surface area contributed by atoms with Gasteiger partial charge in [-0.15, -0.1) is 0 Å². The van der Waals surface area contributed by atoms with Crippen LogP contribution in [0.15, 0.2) is 30.3 Å². The Balaban J connectivity index is 2.37. The predicted molar refractivity (Wildman–Crippen MR) is 79.9 cm³/mol. The number of hydrogen-bond acceptors (Lipinski definition) is 6. The standard InChI is InChI=1S/C11H15NO5S3/c1-19(14,15)9-20(16,17)12-7-8-18-11(13)10-5-3-2-4-6-10/h2-6,12H,7-9H2,1H3. The fourth-order valence-corrected chi connectivity index (χ4v) is 5.14. The summed E-state index contributed by atoms with van der Waals surface area (Å²) >= 11 is 0.973. The van der Waals surface area contributed by atoms with Gasteiger partial charge in [-0.3, -0.25) is 4.79 Å². The van der Waals surface area contributed by atoms with Gasteiger partial charge in [-0.2, -0.15) is 0 Å². The highest BCUT2D eigenvalue weighted by atomic mass is 32.3. The third-order valence-electron chi connectivity index (χ3n) is 2.04. The molecule has 0 radical (unpaired) electrons. The number of benzene rings is 1. The van der Waals surface area contributed by atoms with Crippen molar-refractivity contribution < 1.29 is 21.6 Å². The molecule has 1 rings (SSSR count). The summed E-state index contributed by atoms with van der Waals surface area (Å²) in [6.07, 6.45) is 0.847. The zero-order chi connectivity index (χ0) is 15.2. The number of sulfone groups is 1. The maximum absolute atomic E-state index is 11.7. The van der Waals surface area contributed by atoms with Gasteiger partial charge >= 0.3 is 0 Å². The van der Waals surface area contributed by atoms with Crippen molar-refractivity contribution in [3.63, 3.8) is 0 Å². The largest absolute Gasteiger partial charge is 0.282 e. The highest BCUT2D eigenvalue weighted by Gasteiger charge is 2.17. The van der Waals surface area contributed by atoms with Crippen LogP contribution in [0, 0.1) is 0 Å². The minimum absolute atomic E-state index is 0.00108. The summed E-state index contributed by atoms with van der Waals surface area (Å²) in [5.74, 6) is 0.233. The van der Waals surface area contributed by atoms with Gasteiger partial charge in [0.25, 0.3) is 0 Å². The average Bonchev–Trinajstić information content (AvgIpc) is 2.32. The maximum atomic E-state index is 11.7. The highest BCUT2D eigenvalue weighted by Crippen LogP contribution is 2.11. The topological polar surface area (TPSA) is 97.4 Å². The molecule has 0 fully saturated rings. The van der Waals surface area contributed by atoms with Crippen LogP contribution in [-0.4, -0.2) is 45.6 Å². The smallest absolute Gasteiger partial charge is 0.226 e. The second-order valence-corrected chi connectivity index (χ2v) is 9.43. The first-order chi connectivity index (χ1) is 9.20. The van der Waals surface area contributed by atoms with Crippen molar-refractivity contribution >= 4 is 36.7 Å². The monoisotopic (exact) mass is 337 g/mol. The molecule has 0 atom stereocenters. The van der Waals surface area contributed by atoms with Crippen LogP contribution < -0.4 is 4.72 Å². The Hall–Kier alpha value is -0.900. The lowest BCUT2D eigenvalue weighted by Gasteiger charge is -2.05. The van der Waals surface area contributed by atoms with Gasteiger partial charge in [-0.1, -0.05) is 42.1 Å². The number of nitrogens with one attached hydrogen (secondary N) is 1. The lowest BCUT2D eigenvalue weighted by atomic mass is 10.2. The van der Waals surface area contributed by atoms with E-state index >= 15 is 0 Å². The first kappa shape index (κ1) is 17.2. The summed E-state index contributed by atoms with van der Waals surface area (Å²) in [6, 6.07) is 8.61. The first-order valence-corrected chi connectivity index (χ1v) is 10.3. The van der Waals surface area contributed by atoms with E-state index in [1.165, 1.54) is 0 Å². The number of carbonyl (C=O) groups excluding carboxylic acids is 1. The molecule has 0 saturated heterocycles. The van der Waals surface area contributed by atoms with E-state index in [0.717, 1.165) is 18.0 Å². The van der Waals surface area contributed by atoms with E-state index in [1.54, 1.807) is 30.3 Å². The Kier molecular flexibility index (Phi) is 6.18. The summed E-state index contributed by atoms with van der Waals surface area (Å²) in [4.78, 5) is 11.7. The van der Waals surface area contributed by atoms with Crippen LogP contribution >= 0.6 is 11.8 Å². The van der Waals surface area contributed by atoms with Crippen LogP contribution in [0.25, 0.3) is 0 Å². The lowest BCUT2D eigenvalue weighted by molar-refractivity contribution is 0.108. The summed E-state index contributed by atoms with van der Waals surface area (Å²) in [5.41, 5.74) is 0.538. The van der Waals surface area contributed by atoms with Crippen LogP contribution in [0.1, 0.15) is 10.4 Å². The molecule has 0 aromatic heterocycles. The second kappa shape index (κ2) is 7.21. The van der Waals surface area contributed by atoms with Crippen molar-refractivity contribution in [1.82, 2.24) is 4.72 Å². The normalized spacial score (nSPS) is 12.2. The molecule has 1 N–H and O–H groups in total. The van der Waals surface area contributed by atoms with E-state index in [2.05, 4.69) is 4.72 Å². The van der Waals surface area contributed by atoms with Crippen molar-refractivity contribution in [3.05, 3.63) is 35.9 Å². The molecule has 0 aliphatic heterocycles. The van der Waals surface area contributed by atoms with Gasteiger partial charge < -0.3 is 0 Å². The fraction of sp³-hybridized carbons (Fsp3) is 0.364. The molecule has 0 saturated carbocycles. The predicted octanol–water partition coefficient (Wildman–Crippen LogP) is 0.482. The molecule has 0 aliphatic rings. The third-order valence-corrected chi connectivity index (χ3v) is 6.54. The van der Waals surface area contributed by atoms with Gasteiger partial charge in [-0.05, 0) is 0 Å². The molecule has 20 heavy (non-hydrogen) atoms. The Morgan fingerprint density at radius 1 is 1.15 bits per heavy atom. The van der Waals surface area contributed by atoms with E-state index in [4.69, 9.17) is 0 Å². The molecule has 0 bridgehead atoms. The van der Waals surface area contributed by atoms with Crippen molar-refractivity contribution in [2.45, 2.75) is 0 Å². The molecule has 1 aromatic rings. The van der Waals surface area contributed by atoms with Crippen molar-refractivity contribution in [3.8, 4) is 0 Å². The van der Waals surface area contributed by atoms with Gasteiger partial charge in [0.05, 0.1) is 0 Å². The van der Waals surface area contributed by atoms with Crippen LogP contribution in [0.5, 0.6) is 0 Å². The molecule has 0 aliphatic carbocycles. The molecule has 0 heterocycles. The Morgan fingerprint density at radius 3 is 2.30 bits per heavy atom. The SMILES string of the molecule is CS(=O)(=O)CS(=O)(=O)NCCSC(=O)c1ccccc1. The number of sulfonamides is 1. The second-order valence-electron chi connectivity index (χ2n) is 4.05. The third kappa shape index (κ3) is 7.04. The molecule has 112 valence electrons. The number of hydrogen-bond donors (Lipinski definition) is 1. The summed E-state index contributed by atoms with van der Waals surface area (Å²) in [7, 11) is -7.47. The van der Waals surface area contributed by atoms with E-state index in [1.807, 2.05) is 0 Å². The van der Waals surface area contributed by atoms with Gasteiger partial charge in [-0.25, -0.2) is 21.6 Å². The van der Waals surface area contributed by atoms with Gasteiger partial charge in [0, 0.05) is 24.1 Å². The molecular weight excluding hydrogens is 322 g/mol. The zero-order valence-electron chi connectivity index (χ0n) is 10.8. The molecule has 9 heteroatoms. The van der Waals surface area contributed by atoms with Crippen LogP contribution in [0.3, 0.4) is 0 Å².